The van der Waals surface area contributed by atoms with E-state index in [-0.39, 0.29) is 5.41 Å². The molecular formula is C9H15N3O. The Balaban J connectivity index is 2.24. The van der Waals surface area contributed by atoms with E-state index in [0.717, 1.165) is 25.1 Å². The van der Waals surface area contributed by atoms with Crippen LogP contribution < -0.4 is 0 Å². The van der Waals surface area contributed by atoms with Gasteiger partial charge in [-0.3, -0.25) is 0 Å². The summed E-state index contributed by atoms with van der Waals surface area (Å²) >= 11 is 0. The van der Waals surface area contributed by atoms with Crippen LogP contribution in [0.25, 0.3) is 0 Å². The van der Waals surface area contributed by atoms with E-state index >= 15 is 0 Å². The zero-order valence-corrected chi connectivity index (χ0v) is 8.06. The van der Waals surface area contributed by atoms with E-state index in [9.17, 15) is 5.11 Å². The lowest BCUT2D eigenvalue weighted by atomic mass is 9.99. The van der Waals surface area contributed by atoms with Gasteiger partial charge in [-0.05, 0) is 25.2 Å². The molecule has 1 unspecified atom stereocenters. The minimum Gasteiger partial charge on any atom is -0.386 e. The van der Waals surface area contributed by atoms with E-state index in [1.807, 2.05) is 6.92 Å². The Morgan fingerprint density at radius 1 is 1.69 bits per heavy atom. The number of aliphatic hydroxyl groups excluding tert-OH is 1. The first-order chi connectivity index (χ1) is 6.17. The summed E-state index contributed by atoms with van der Waals surface area (Å²) in [5.74, 6) is 0. The lowest BCUT2D eigenvalue weighted by Gasteiger charge is -2.17. The van der Waals surface area contributed by atoms with Crippen molar-refractivity contribution in [3.63, 3.8) is 0 Å². The summed E-state index contributed by atoms with van der Waals surface area (Å²) in [5, 5.41) is 17.7. The van der Waals surface area contributed by atoms with E-state index < -0.39 is 6.10 Å². The highest BCUT2D eigenvalue weighted by atomic mass is 16.3. The Morgan fingerprint density at radius 3 is 2.92 bits per heavy atom. The van der Waals surface area contributed by atoms with Crippen molar-refractivity contribution in [3.05, 3.63) is 11.9 Å². The van der Waals surface area contributed by atoms with Crippen LogP contribution in [0.3, 0.4) is 0 Å². The Kier molecular flexibility index (Phi) is 1.87. The lowest BCUT2D eigenvalue weighted by Crippen LogP contribution is -2.15. The van der Waals surface area contributed by atoms with Crippen LogP contribution in [0.5, 0.6) is 0 Å². The lowest BCUT2D eigenvalue weighted by molar-refractivity contribution is 0.0943. The van der Waals surface area contributed by atoms with E-state index in [4.69, 9.17) is 0 Å². The molecule has 0 radical (unpaired) electrons. The fraction of sp³-hybridized carbons (Fsp3) is 0.778. The summed E-state index contributed by atoms with van der Waals surface area (Å²) in [4.78, 5) is 0. The fourth-order valence-electron chi connectivity index (χ4n) is 1.55. The highest BCUT2D eigenvalue weighted by molar-refractivity contribution is 5.09. The van der Waals surface area contributed by atoms with Crippen LogP contribution in [0.15, 0.2) is 6.20 Å². The summed E-state index contributed by atoms with van der Waals surface area (Å²) in [6, 6.07) is 0. The number of aliphatic hydroxyl groups is 1. The predicted octanol–water partition coefficient (Wildman–Crippen LogP) is 1.13. The van der Waals surface area contributed by atoms with Crippen molar-refractivity contribution in [2.45, 2.75) is 39.3 Å². The third-order valence-corrected chi connectivity index (χ3v) is 2.93. The number of hydrogen-bond acceptors (Lipinski definition) is 3. The Morgan fingerprint density at radius 2 is 2.38 bits per heavy atom. The first-order valence-electron chi connectivity index (χ1n) is 4.74. The fourth-order valence-corrected chi connectivity index (χ4v) is 1.55. The van der Waals surface area contributed by atoms with Crippen LogP contribution in [0, 0.1) is 5.41 Å². The van der Waals surface area contributed by atoms with Gasteiger partial charge >= 0.3 is 0 Å². The molecule has 13 heavy (non-hydrogen) atoms. The molecule has 4 heteroatoms. The Hall–Kier alpha value is -0.900. The molecule has 1 fully saturated rings. The summed E-state index contributed by atoms with van der Waals surface area (Å²) < 4.78 is 1.76. The molecule has 4 nitrogen and oxygen atoms in total. The topological polar surface area (TPSA) is 50.9 Å². The molecule has 1 N–H and O–H groups in total. The van der Waals surface area contributed by atoms with E-state index in [0.29, 0.717) is 0 Å². The molecule has 0 aliphatic heterocycles. The molecule has 0 saturated heterocycles. The molecule has 1 atom stereocenters. The number of aryl methyl sites for hydroxylation is 1. The molecule has 1 aromatic rings. The molecule has 0 amide bonds. The number of nitrogens with zero attached hydrogens (tertiary/aromatic N) is 3. The van der Waals surface area contributed by atoms with Gasteiger partial charge in [-0.2, -0.15) is 0 Å². The molecule has 1 aromatic heterocycles. The van der Waals surface area contributed by atoms with E-state index in [1.54, 1.807) is 10.9 Å². The summed E-state index contributed by atoms with van der Waals surface area (Å²) in [6.07, 6.45) is 3.46. The third-order valence-electron chi connectivity index (χ3n) is 2.93. The number of hydrogen-bond donors (Lipinski definition) is 1. The smallest absolute Gasteiger partial charge is 0.103 e. The summed E-state index contributed by atoms with van der Waals surface area (Å²) in [5.41, 5.74) is 0.928. The largest absolute Gasteiger partial charge is 0.386 e. The standard InChI is InChI=1S/C9H15N3O/c1-3-12-7(6-10-11-12)8(13)9(2)4-5-9/h6,8,13H,3-5H2,1-2H3. The van der Waals surface area contributed by atoms with Crippen molar-refractivity contribution in [2.75, 3.05) is 0 Å². The van der Waals surface area contributed by atoms with Gasteiger partial charge < -0.3 is 5.11 Å². The van der Waals surface area contributed by atoms with Gasteiger partial charge in [0.2, 0.25) is 0 Å². The molecule has 1 saturated carbocycles. The van der Waals surface area contributed by atoms with Gasteiger partial charge in [0.1, 0.15) is 6.10 Å². The zero-order valence-electron chi connectivity index (χ0n) is 8.06. The van der Waals surface area contributed by atoms with Crippen LogP contribution in [0.2, 0.25) is 0 Å². The maximum Gasteiger partial charge on any atom is 0.103 e. The van der Waals surface area contributed by atoms with Gasteiger partial charge in [0, 0.05) is 6.54 Å². The maximum absolute atomic E-state index is 10.0. The zero-order chi connectivity index (χ0) is 9.47. The molecule has 1 aliphatic rings. The van der Waals surface area contributed by atoms with Crippen LogP contribution in [0.1, 0.15) is 38.5 Å². The van der Waals surface area contributed by atoms with Crippen molar-refractivity contribution in [1.29, 1.82) is 0 Å². The van der Waals surface area contributed by atoms with Crippen molar-refractivity contribution in [3.8, 4) is 0 Å². The second kappa shape index (κ2) is 2.80. The SMILES string of the molecule is CCn1nncc1C(O)C1(C)CC1. The predicted molar refractivity (Wildman–Crippen MR) is 48.0 cm³/mol. The van der Waals surface area contributed by atoms with Crippen molar-refractivity contribution >= 4 is 0 Å². The average Bonchev–Trinajstić information content (AvgIpc) is 2.71. The first-order valence-corrected chi connectivity index (χ1v) is 4.74. The summed E-state index contributed by atoms with van der Waals surface area (Å²) in [7, 11) is 0. The maximum atomic E-state index is 10.0. The van der Waals surface area contributed by atoms with Crippen LogP contribution >= 0.6 is 0 Å². The quantitative estimate of drug-likeness (QED) is 0.760. The van der Waals surface area contributed by atoms with Crippen LogP contribution in [-0.4, -0.2) is 20.1 Å². The van der Waals surface area contributed by atoms with Gasteiger partial charge in [0.15, 0.2) is 0 Å². The van der Waals surface area contributed by atoms with Crippen LogP contribution in [0.4, 0.5) is 0 Å². The van der Waals surface area contributed by atoms with Gasteiger partial charge in [-0.15, -0.1) is 5.10 Å². The van der Waals surface area contributed by atoms with E-state index in [1.165, 1.54) is 0 Å². The van der Waals surface area contributed by atoms with Crippen LogP contribution in [-0.2, 0) is 6.54 Å². The third kappa shape index (κ3) is 1.35. The second-order valence-corrected chi connectivity index (χ2v) is 4.03. The van der Waals surface area contributed by atoms with Crippen molar-refractivity contribution in [2.24, 2.45) is 5.41 Å². The number of rotatable bonds is 3. The monoisotopic (exact) mass is 181 g/mol. The summed E-state index contributed by atoms with van der Waals surface area (Å²) in [6.45, 7) is 4.87. The molecular weight excluding hydrogens is 166 g/mol. The molecule has 0 spiro atoms. The molecule has 1 heterocycles. The first kappa shape index (κ1) is 8.69. The van der Waals surface area contributed by atoms with Gasteiger partial charge in [0.05, 0.1) is 11.9 Å². The number of aromatic nitrogens is 3. The molecule has 0 aromatic carbocycles. The minimum atomic E-state index is -0.401. The molecule has 1 aliphatic carbocycles. The van der Waals surface area contributed by atoms with Gasteiger partial charge in [0.25, 0.3) is 0 Å². The van der Waals surface area contributed by atoms with Gasteiger partial charge in [-0.25, -0.2) is 4.68 Å². The highest BCUT2D eigenvalue weighted by Gasteiger charge is 2.46. The van der Waals surface area contributed by atoms with Crippen molar-refractivity contribution in [1.82, 2.24) is 15.0 Å². The highest BCUT2D eigenvalue weighted by Crippen LogP contribution is 2.54. The second-order valence-electron chi connectivity index (χ2n) is 4.03. The van der Waals surface area contributed by atoms with Crippen molar-refractivity contribution < 1.29 is 5.11 Å². The normalized spacial score (nSPS) is 21.5. The molecule has 72 valence electrons. The molecule has 0 bridgehead atoms. The Labute approximate surface area is 77.6 Å². The Bertz CT molecular complexity index is 304. The minimum absolute atomic E-state index is 0.0780. The molecule has 2 rings (SSSR count). The average molecular weight is 181 g/mol. The van der Waals surface area contributed by atoms with E-state index in [2.05, 4.69) is 17.2 Å². The van der Waals surface area contributed by atoms with Gasteiger partial charge in [-0.1, -0.05) is 12.1 Å².